The van der Waals surface area contributed by atoms with Crippen LogP contribution >= 0.6 is 11.6 Å². The Morgan fingerprint density at radius 3 is 2.19 bits per heavy atom. The summed E-state index contributed by atoms with van der Waals surface area (Å²) in [4.78, 5) is 0. The molecule has 0 unspecified atom stereocenters. The normalized spacial score (nSPS) is 22.5. The third kappa shape index (κ3) is 3.39. The van der Waals surface area contributed by atoms with Gasteiger partial charge >= 0.3 is 0 Å². The van der Waals surface area contributed by atoms with E-state index in [0.717, 1.165) is 0 Å². The van der Waals surface area contributed by atoms with Gasteiger partial charge in [-0.25, -0.2) is 0 Å². The molecule has 0 radical (unpaired) electrons. The average molecular weight is 297 g/mol. The highest BCUT2D eigenvalue weighted by atomic mass is 35.5. The van der Waals surface area contributed by atoms with Gasteiger partial charge in [0.15, 0.2) is 0 Å². The number of hydrogen-bond donors (Lipinski definition) is 0. The molecule has 0 nitrogen and oxygen atoms in total. The first kappa shape index (κ1) is 14.4. The lowest BCUT2D eigenvalue weighted by Crippen LogP contribution is -2.12. The maximum atomic E-state index is 5.71. The predicted molar refractivity (Wildman–Crippen MR) is 91.6 cm³/mol. The quantitative estimate of drug-likeness (QED) is 0.616. The zero-order valence-corrected chi connectivity index (χ0v) is 13.0. The molecule has 0 bridgehead atoms. The largest absolute Gasteiger partial charge is 0.0933 e. The molecule has 2 aromatic carbocycles. The SMILES string of the molecule is ClC=CC1CCC(c2ccccc2-c2ccccc2)CC1. The lowest BCUT2D eigenvalue weighted by atomic mass is 9.77. The van der Waals surface area contributed by atoms with Crippen molar-refractivity contribution in [3.8, 4) is 11.1 Å². The van der Waals surface area contributed by atoms with Gasteiger partial charge in [-0.1, -0.05) is 72.3 Å². The van der Waals surface area contributed by atoms with Crippen molar-refractivity contribution in [2.45, 2.75) is 31.6 Å². The van der Waals surface area contributed by atoms with Crippen LogP contribution in [0.3, 0.4) is 0 Å². The zero-order valence-electron chi connectivity index (χ0n) is 12.2. The summed E-state index contributed by atoms with van der Waals surface area (Å²) in [5.41, 5.74) is 5.92. The molecule has 1 heteroatoms. The Morgan fingerprint density at radius 1 is 0.810 bits per heavy atom. The minimum atomic E-state index is 0.669. The lowest BCUT2D eigenvalue weighted by Gasteiger charge is -2.28. The molecule has 0 N–H and O–H groups in total. The standard InChI is InChI=1S/C20H21Cl/c21-15-14-16-10-12-18(13-11-16)20-9-5-4-8-19(20)17-6-2-1-3-7-17/h1-9,14-16,18H,10-13H2. The van der Waals surface area contributed by atoms with E-state index in [9.17, 15) is 0 Å². The molecule has 0 aliphatic heterocycles. The third-order valence-electron chi connectivity index (χ3n) is 4.60. The van der Waals surface area contributed by atoms with E-state index in [1.165, 1.54) is 42.4 Å². The van der Waals surface area contributed by atoms with Gasteiger partial charge in [0.2, 0.25) is 0 Å². The molecule has 0 saturated heterocycles. The highest BCUT2D eigenvalue weighted by Crippen LogP contribution is 2.40. The van der Waals surface area contributed by atoms with Crippen LogP contribution in [0, 0.1) is 5.92 Å². The first-order chi connectivity index (χ1) is 10.4. The van der Waals surface area contributed by atoms with Crippen LogP contribution in [0.2, 0.25) is 0 Å². The molecule has 0 amide bonds. The molecule has 3 rings (SSSR count). The number of hydrogen-bond acceptors (Lipinski definition) is 0. The fourth-order valence-electron chi connectivity index (χ4n) is 3.46. The van der Waals surface area contributed by atoms with E-state index in [-0.39, 0.29) is 0 Å². The van der Waals surface area contributed by atoms with Gasteiger partial charge in [-0.3, -0.25) is 0 Å². The zero-order chi connectivity index (χ0) is 14.5. The molecular formula is C20H21Cl. The van der Waals surface area contributed by atoms with Gasteiger partial charge in [-0.2, -0.15) is 0 Å². The highest BCUT2D eigenvalue weighted by Gasteiger charge is 2.22. The molecule has 0 spiro atoms. The van der Waals surface area contributed by atoms with Crippen molar-refractivity contribution in [2.75, 3.05) is 0 Å². The highest BCUT2D eigenvalue weighted by molar-refractivity contribution is 6.25. The summed E-state index contributed by atoms with van der Waals surface area (Å²) in [6, 6.07) is 19.6. The molecule has 1 aliphatic carbocycles. The fraction of sp³-hybridized carbons (Fsp3) is 0.300. The van der Waals surface area contributed by atoms with E-state index in [1.54, 1.807) is 5.54 Å². The Labute approximate surface area is 132 Å². The second-order valence-electron chi connectivity index (χ2n) is 5.88. The van der Waals surface area contributed by atoms with E-state index < -0.39 is 0 Å². The van der Waals surface area contributed by atoms with Crippen molar-refractivity contribution in [1.29, 1.82) is 0 Å². The second kappa shape index (κ2) is 6.95. The third-order valence-corrected chi connectivity index (χ3v) is 4.75. The molecule has 2 aromatic rings. The maximum Gasteiger partial charge on any atom is 0.000525 e. The number of halogens is 1. The Morgan fingerprint density at radius 2 is 1.48 bits per heavy atom. The van der Waals surface area contributed by atoms with Gasteiger partial charge in [-0.05, 0) is 54.2 Å². The molecule has 1 saturated carbocycles. The average Bonchev–Trinajstić information content (AvgIpc) is 2.57. The summed E-state index contributed by atoms with van der Waals surface area (Å²) in [5.74, 6) is 1.35. The van der Waals surface area contributed by atoms with Crippen molar-refractivity contribution in [3.63, 3.8) is 0 Å². The fourth-order valence-corrected chi connectivity index (χ4v) is 3.66. The molecule has 1 aliphatic rings. The van der Waals surface area contributed by atoms with Gasteiger partial charge in [0, 0.05) is 5.54 Å². The van der Waals surface area contributed by atoms with Crippen molar-refractivity contribution in [3.05, 3.63) is 71.8 Å². The molecule has 0 aromatic heterocycles. The first-order valence-electron chi connectivity index (χ1n) is 7.79. The Kier molecular flexibility index (Phi) is 4.77. The van der Waals surface area contributed by atoms with Gasteiger partial charge in [-0.15, -0.1) is 0 Å². The maximum absolute atomic E-state index is 5.71. The van der Waals surface area contributed by atoms with Gasteiger partial charge in [0.05, 0.1) is 0 Å². The van der Waals surface area contributed by atoms with Crippen molar-refractivity contribution in [2.24, 2.45) is 5.92 Å². The monoisotopic (exact) mass is 296 g/mol. The van der Waals surface area contributed by atoms with E-state index in [0.29, 0.717) is 11.8 Å². The van der Waals surface area contributed by atoms with Crippen molar-refractivity contribution >= 4 is 11.6 Å². The summed E-state index contributed by atoms with van der Waals surface area (Å²) < 4.78 is 0. The summed E-state index contributed by atoms with van der Waals surface area (Å²) in [6.45, 7) is 0. The van der Waals surface area contributed by atoms with Crippen LogP contribution in [-0.4, -0.2) is 0 Å². The van der Waals surface area contributed by atoms with Crippen LogP contribution in [0.1, 0.15) is 37.2 Å². The summed E-state index contributed by atoms with van der Waals surface area (Å²) in [5, 5.41) is 0. The van der Waals surface area contributed by atoms with Gasteiger partial charge in [0.25, 0.3) is 0 Å². The summed E-state index contributed by atoms with van der Waals surface area (Å²) >= 11 is 5.71. The van der Waals surface area contributed by atoms with Crippen LogP contribution in [0.4, 0.5) is 0 Å². The molecule has 1 fully saturated rings. The minimum Gasteiger partial charge on any atom is -0.0933 e. The second-order valence-corrected chi connectivity index (χ2v) is 6.14. The topological polar surface area (TPSA) is 0 Å². The van der Waals surface area contributed by atoms with Gasteiger partial charge < -0.3 is 0 Å². The smallest absolute Gasteiger partial charge is 0.000525 e. The predicted octanol–water partition coefficient (Wildman–Crippen LogP) is 6.38. The van der Waals surface area contributed by atoms with E-state index in [1.807, 2.05) is 0 Å². The van der Waals surface area contributed by atoms with Crippen LogP contribution in [-0.2, 0) is 0 Å². The lowest BCUT2D eigenvalue weighted by molar-refractivity contribution is 0.376. The minimum absolute atomic E-state index is 0.669. The molecule has 0 atom stereocenters. The Hall–Kier alpha value is -1.53. The summed E-state index contributed by atoms with van der Waals surface area (Å²) in [7, 11) is 0. The van der Waals surface area contributed by atoms with Crippen LogP contribution < -0.4 is 0 Å². The number of rotatable bonds is 3. The van der Waals surface area contributed by atoms with Crippen LogP contribution in [0.15, 0.2) is 66.2 Å². The van der Waals surface area contributed by atoms with Crippen LogP contribution in [0.25, 0.3) is 11.1 Å². The van der Waals surface area contributed by atoms with Gasteiger partial charge in [0.1, 0.15) is 0 Å². The molecule has 108 valence electrons. The van der Waals surface area contributed by atoms with Crippen LogP contribution in [0.5, 0.6) is 0 Å². The summed E-state index contributed by atoms with van der Waals surface area (Å²) in [6.07, 6.45) is 7.17. The van der Waals surface area contributed by atoms with Crippen molar-refractivity contribution < 1.29 is 0 Å². The number of benzene rings is 2. The van der Waals surface area contributed by atoms with E-state index in [4.69, 9.17) is 11.6 Å². The molecule has 0 heterocycles. The molecule has 21 heavy (non-hydrogen) atoms. The van der Waals surface area contributed by atoms with E-state index >= 15 is 0 Å². The Bertz CT molecular complexity index is 592. The number of allylic oxidation sites excluding steroid dienone is 1. The first-order valence-corrected chi connectivity index (χ1v) is 8.23. The molecular weight excluding hydrogens is 276 g/mol. The Balaban J connectivity index is 1.84. The van der Waals surface area contributed by atoms with E-state index in [2.05, 4.69) is 60.7 Å². The van der Waals surface area contributed by atoms with Crippen molar-refractivity contribution in [1.82, 2.24) is 0 Å².